The smallest absolute Gasteiger partial charge is 0.344 e. The van der Waals surface area contributed by atoms with Crippen molar-refractivity contribution in [1.29, 1.82) is 0 Å². The predicted molar refractivity (Wildman–Crippen MR) is 80.4 cm³/mol. The summed E-state index contributed by atoms with van der Waals surface area (Å²) in [7, 11) is 0. The van der Waals surface area contributed by atoms with Crippen LogP contribution in [0.3, 0.4) is 0 Å². The van der Waals surface area contributed by atoms with Crippen LogP contribution < -0.4 is 5.63 Å². The zero-order valence-corrected chi connectivity index (χ0v) is 11.7. The number of rotatable bonds is 2. The molecular weight excluding hydrogens is 284 g/mol. The van der Waals surface area contributed by atoms with Crippen LogP contribution in [0.15, 0.2) is 51.7 Å². The van der Waals surface area contributed by atoms with Gasteiger partial charge in [-0.05, 0) is 30.5 Å². The summed E-state index contributed by atoms with van der Waals surface area (Å²) < 4.78 is 5.14. The maximum Gasteiger partial charge on any atom is 0.344 e. The van der Waals surface area contributed by atoms with Crippen molar-refractivity contribution in [2.45, 2.75) is 6.92 Å². The Labute approximate surface area is 125 Å². The van der Waals surface area contributed by atoms with Crippen LogP contribution in [-0.2, 0) is 0 Å². The molecule has 0 atom stereocenters. The first-order valence-corrected chi connectivity index (χ1v) is 6.58. The van der Waals surface area contributed by atoms with Crippen molar-refractivity contribution in [3.63, 3.8) is 0 Å². The van der Waals surface area contributed by atoms with Gasteiger partial charge in [-0.15, -0.1) is 0 Å². The van der Waals surface area contributed by atoms with E-state index < -0.39 is 11.4 Å². The van der Waals surface area contributed by atoms with E-state index in [0.717, 1.165) is 6.07 Å². The van der Waals surface area contributed by atoms with Gasteiger partial charge in [0.1, 0.15) is 11.5 Å². The molecule has 0 unspecified atom stereocenters. The van der Waals surface area contributed by atoms with Gasteiger partial charge in [0.05, 0.1) is 10.9 Å². The topological polar surface area (TPSA) is 87.7 Å². The minimum absolute atomic E-state index is 0.0423. The lowest BCUT2D eigenvalue weighted by Gasteiger charge is -2.08. The zero-order valence-electron chi connectivity index (χ0n) is 11.7. The molecule has 0 spiro atoms. The van der Waals surface area contributed by atoms with Gasteiger partial charge in [-0.2, -0.15) is 0 Å². The summed E-state index contributed by atoms with van der Waals surface area (Å²) in [6.07, 6.45) is 0. The number of fused-ring (bicyclic) bond motifs is 1. The Bertz CT molecular complexity index is 953. The molecule has 0 saturated heterocycles. The molecule has 110 valence electrons. The van der Waals surface area contributed by atoms with E-state index in [2.05, 4.69) is 0 Å². The molecule has 1 heterocycles. The van der Waals surface area contributed by atoms with Gasteiger partial charge in [0.2, 0.25) is 5.78 Å². The Morgan fingerprint density at radius 1 is 1.05 bits per heavy atom. The second kappa shape index (κ2) is 5.04. The molecule has 0 aliphatic rings. The number of hydrogen-bond acceptors (Lipinski definition) is 5. The van der Waals surface area contributed by atoms with Crippen molar-refractivity contribution in [2.75, 3.05) is 0 Å². The number of ketones is 1. The van der Waals surface area contributed by atoms with E-state index in [4.69, 9.17) is 4.42 Å². The Balaban J connectivity index is 2.24. The third-order valence-corrected chi connectivity index (χ3v) is 3.52. The van der Waals surface area contributed by atoms with Crippen LogP contribution in [0.2, 0.25) is 0 Å². The van der Waals surface area contributed by atoms with Gasteiger partial charge in [-0.3, -0.25) is 4.79 Å². The molecule has 0 saturated carbocycles. The number of carbonyl (C=O) groups excluding carboxylic acids is 1. The lowest BCUT2D eigenvalue weighted by Crippen LogP contribution is -2.11. The predicted octanol–water partition coefficient (Wildman–Crippen LogP) is 2.74. The Morgan fingerprint density at radius 3 is 2.41 bits per heavy atom. The number of aryl methyl sites for hydroxylation is 1. The van der Waals surface area contributed by atoms with Crippen LogP contribution >= 0.6 is 0 Å². The Hall–Kier alpha value is -3.08. The van der Waals surface area contributed by atoms with Crippen LogP contribution in [0.4, 0.5) is 0 Å². The lowest BCUT2D eigenvalue weighted by atomic mass is 10.0. The Morgan fingerprint density at radius 2 is 1.73 bits per heavy atom. The van der Waals surface area contributed by atoms with Crippen molar-refractivity contribution >= 4 is 16.6 Å². The Kier molecular flexibility index (Phi) is 3.18. The highest BCUT2D eigenvalue weighted by Crippen LogP contribution is 2.27. The quantitative estimate of drug-likeness (QED) is 0.710. The van der Waals surface area contributed by atoms with E-state index in [1.165, 1.54) is 12.1 Å². The maximum atomic E-state index is 12.5. The molecule has 5 heteroatoms. The number of hydrogen-bond donors (Lipinski definition) is 2. The summed E-state index contributed by atoms with van der Waals surface area (Å²) in [6.45, 7) is 1.68. The molecule has 0 fully saturated rings. The molecule has 2 N–H and O–H groups in total. The number of benzene rings is 2. The summed E-state index contributed by atoms with van der Waals surface area (Å²) in [4.78, 5) is 24.5. The molecule has 5 nitrogen and oxygen atoms in total. The van der Waals surface area contributed by atoms with Gasteiger partial charge < -0.3 is 14.6 Å². The van der Waals surface area contributed by atoms with E-state index in [-0.39, 0.29) is 22.8 Å². The van der Waals surface area contributed by atoms with Gasteiger partial charge in [-0.1, -0.05) is 18.2 Å². The summed E-state index contributed by atoms with van der Waals surface area (Å²) in [5.41, 5.74) is -0.130. The van der Waals surface area contributed by atoms with E-state index in [0.29, 0.717) is 16.3 Å². The van der Waals surface area contributed by atoms with Crippen LogP contribution in [0.1, 0.15) is 21.7 Å². The monoisotopic (exact) mass is 296 g/mol. The molecule has 0 radical (unpaired) electrons. The minimum atomic E-state index is -0.613. The summed E-state index contributed by atoms with van der Waals surface area (Å²) >= 11 is 0. The van der Waals surface area contributed by atoms with Crippen molar-refractivity contribution in [1.82, 2.24) is 0 Å². The first kappa shape index (κ1) is 13.9. The fourth-order valence-electron chi connectivity index (χ4n) is 2.39. The molecule has 22 heavy (non-hydrogen) atoms. The molecule has 0 amide bonds. The van der Waals surface area contributed by atoms with Crippen LogP contribution in [-0.4, -0.2) is 16.0 Å². The molecule has 0 aliphatic carbocycles. The molecule has 0 bridgehead atoms. The van der Waals surface area contributed by atoms with Crippen LogP contribution in [0, 0.1) is 6.92 Å². The SMILES string of the molecule is Cc1c(C(=O)c2ccc(O)cc2O)oc(=O)c2ccccc12. The third kappa shape index (κ3) is 2.13. The van der Waals surface area contributed by atoms with Crippen molar-refractivity contribution in [3.8, 4) is 11.5 Å². The minimum Gasteiger partial charge on any atom is -0.508 e. The summed E-state index contributed by atoms with van der Waals surface area (Å²) in [5.74, 6) is -1.27. The second-order valence-electron chi connectivity index (χ2n) is 4.92. The summed E-state index contributed by atoms with van der Waals surface area (Å²) in [5, 5.41) is 20.1. The molecule has 0 aliphatic heterocycles. The standard InChI is InChI=1S/C17H12O5/c1-9-11-4-2-3-5-12(11)17(21)22-16(9)15(20)13-7-6-10(18)8-14(13)19/h2-8,18-19H,1H3. The first-order valence-electron chi connectivity index (χ1n) is 6.58. The normalized spacial score (nSPS) is 10.8. The van der Waals surface area contributed by atoms with E-state index in [1.54, 1.807) is 31.2 Å². The molecular formula is C17H12O5. The van der Waals surface area contributed by atoms with Crippen molar-refractivity contribution in [2.24, 2.45) is 0 Å². The number of carbonyl (C=O) groups is 1. The fraction of sp³-hybridized carbons (Fsp3) is 0.0588. The van der Waals surface area contributed by atoms with Crippen LogP contribution in [0.5, 0.6) is 11.5 Å². The van der Waals surface area contributed by atoms with Gasteiger partial charge >= 0.3 is 5.63 Å². The van der Waals surface area contributed by atoms with Crippen molar-refractivity contribution < 1.29 is 19.4 Å². The van der Waals surface area contributed by atoms with E-state index in [1.807, 2.05) is 0 Å². The first-order chi connectivity index (χ1) is 10.5. The van der Waals surface area contributed by atoms with Crippen molar-refractivity contribution in [3.05, 3.63) is 69.8 Å². The molecule has 2 aromatic carbocycles. The van der Waals surface area contributed by atoms with Crippen LogP contribution in [0.25, 0.3) is 10.8 Å². The number of phenols is 2. The third-order valence-electron chi connectivity index (χ3n) is 3.52. The highest BCUT2D eigenvalue weighted by atomic mass is 16.4. The zero-order chi connectivity index (χ0) is 15.9. The number of aromatic hydroxyl groups is 2. The average Bonchev–Trinajstić information content (AvgIpc) is 2.50. The van der Waals surface area contributed by atoms with E-state index >= 15 is 0 Å². The van der Waals surface area contributed by atoms with Gasteiger partial charge in [0.25, 0.3) is 0 Å². The van der Waals surface area contributed by atoms with Gasteiger partial charge in [0, 0.05) is 11.6 Å². The van der Waals surface area contributed by atoms with Gasteiger partial charge in [-0.25, -0.2) is 4.79 Å². The fourth-order valence-corrected chi connectivity index (χ4v) is 2.39. The molecule has 3 rings (SSSR count). The number of phenolic OH excluding ortho intramolecular Hbond substituents is 2. The molecule has 1 aromatic heterocycles. The largest absolute Gasteiger partial charge is 0.508 e. The lowest BCUT2D eigenvalue weighted by molar-refractivity contribution is 0.100. The summed E-state index contributed by atoms with van der Waals surface area (Å²) in [6, 6.07) is 10.5. The highest BCUT2D eigenvalue weighted by molar-refractivity contribution is 6.11. The molecule has 3 aromatic rings. The second-order valence-corrected chi connectivity index (χ2v) is 4.92. The van der Waals surface area contributed by atoms with E-state index in [9.17, 15) is 19.8 Å². The van der Waals surface area contributed by atoms with Gasteiger partial charge in [0.15, 0.2) is 5.76 Å². The maximum absolute atomic E-state index is 12.5. The highest BCUT2D eigenvalue weighted by Gasteiger charge is 2.21. The average molecular weight is 296 g/mol.